The first-order valence-electron chi connectivity index (χ1n) is 11.2. The Balaban J connectivity index is 1.80. The first kappa shape index (κ1) is 23.5. The summed E-state index contributed by atoms with van der Waals surface area (Å²) in [6.45, 7) is 6.96. The molecule has 0 saturated carbocycles. The number of aliphatic hydroxyl groups is 1. The number of aromatic hydroxyl groups is 2. The molecule has 9 nitrogen and oxygen atoms in total. The fourth-order valence-electron chi connectivity index (χ4n) is 4.93. The molecule has 0 unspecified atom stereocenters. The smallest absolute Gasteiger partial charge is 0.306 e. The van der Waals surface area contributed by atoms with Crippen molar-refractivity contribution in [2.45, 2.75) is 56.9 Å². The standard InChI is InChI=1S/C26H28O9/c1-24(2)10-9-13-18(34-24)16-20(33-23(21(16)31-5)25(3,4)30)17-19(13)35-26(32-6,22(17)29)14-8-7-12(27)11-15(14)28/h7-11,21,23,27-28,30H,1-6H3/t21-,23+,26-/m1/s1. The van der Waals surface area contributed by atoms with Gasteiger partial charge in [-0.3, -0.25) is 4.79 Å². The molecule has 2 aromatic carbocycles. The molecule has 0 amide bonds. The maximum atomic E-state index is 14.0. The lowest BCUT2D eigenvalue weighted by atomic mass is 9.88. The summed E-state index contributed by atoms with van der Waals surface area (Å²) >= 11 is 0. The number of carbonyl (C=O) groups is 1. The van der Waals surface area contributed by atoms with Crippen molar-refractivity contribution in [2.24, 2.45) is 0 Å². The zero-order chi connectivity index (χ0) is 25.5. The van der Waals surface area contributed by atoms with Crippen molar-refractivity contribution < 1.29 is 43.8 Å². The highest BCUT2D eigenvalue weighted by Gasteiger charge is 2.58. The molecule has 9 heteroatoms. The molecule has 5 rings (SSSR count). The van der Waals surface area contributed by atoms with Gasteiger partial charge in [0.1, 0.15) is 46.0 Å². The van der Waals surface area contributed by atoms with Crippen LogP contribution in [0.3, 0.4) is 0 Å². The van der Waals surface area contributed by atoms with Crippen LogP contribution in [0, 0.1) is 0 Å². The molecule has 35 heavy (non-hydrogen) atoms. The quantitative estimate of drug-likeness (QED) is 0.597. The predicted octanol–water partition coefficient (Wildman–Crippen LogP) is 3.58. The Morgan fingerprint density at radius 2 is 1.77 bits per heavy atom. The van der Waals surface area contributed by atoms with Crippen molar-refractivity contribution in [2.75, 3.05) is 14.2 Å². The minimum absolute atomic E-state index is 0.0165. The lowest BCUT2D eigenvalue weighted by Gasteiger charge is -2.32. The van der Waals surface area contributed by atoms with Crippen LogP contribution in [0.1, 0.15) is 60.8 Å². The molecule has 0 bridgehead atoms. The van der Waals surface area contributed by atoms with Gasteiger partial charge in [0.2, 0.25) is 5.78 Å². The second-order valence-electron chi connectivity index (χ2n) is 10.0. The van der Waals surface area contributed by atoms with Crippen LogP contribution < -0.4 is 14.2 Å². The Hall–Kier alpha value is -3.27. The first-order chi connectivity index (χ1) is 16.3. The van der Waals surface area contributed by atoms with E-state index in [0.29, 0.717) is 16.9 Å². The molecule has 3 N–H and O–H groups in total. The van der Waals surface area contributed by atoms with Gasteiger partial charge in [-0.1, -0.05) is 0 Å². The topological polar surface area (TPSA) is 124 Å². The summed E-state index contributed by atoms with van der Waals surface area (Å²) in [5.41, 5.74) is -0.903. The molecular weight excluding hydrogens is 456 g/mol. The van der Waals surface area contributed by atoms with E-state index in [-0.39, 0.29) is 34.1 Å². The van der Waals surface area contributed by atoms with Gasteiger partial charge in [0, 0.05) is 20.3 Å². The Morgan fingerprint density at radius 3 is 2.37 bits per heavy atom. The number of benzene rings is 2. The van der Waals surface area contributed by atoms with Gasteiger partial charge in [-0.05, 0) is 52.0 Å². The molecule has 0 spiro atoms. The van der Waals surface area contributed by atoms with Crippen LogP contribution in [0.4, 0.5) is 0 Å². The van der Waals surface area contributed by atoms with Gasteiger partial charge < -0.3 is 39.0 Å². The average Bonchev–Trinajstić information content (AvgIpc) is 3.29. The molecule has 186 valence electrons. The largest absolute Gasteiger partial charge is 0.508 e. The van der Waals surface area contributed by atoms with E-state index in [1.807, 2.05) is 19.9 Å². The Kier molecular flexibility index (Phi) is 4.94. The summed E-state index contributed by atoms with van der Waals surface area (Å²) < 4.78 is 30.1. The number of methoxy groups -OCH3 is 2. The number of fused-ring (bicyclic) bond motifs is 6. The highest BCUT2D eigenvalue weighted by molar-refractivity contribution is 6.11. The summed E-state index contributed by atoms with van der Waals surface area (Å²) in [7, 11) is 2.79. The molecule has 0 saturated heterocycles. The number of Topliss-reactive ketones (excluding diaryl/α,β-unsaturated/α-hetero) is 1. The van der Waals surface area contributed by atoms with Crippen molar-refractivity contribution in [3.63, 3.8) is 0 Å². The number of phenols is 2. The maximum Gasteiger partial charge on any atom is 0.306 e. The summed E-state index contributed by atoms with van der Waals surface area (Å²) in [6, 6.07) is 3.78. The number of hydrogen-bond donors (Lipinski definition) is 3. The Morgan fingerprint density at radius 1 is 1.06 bits per heavy atom. The summed E-state index contributed by atoms with van der Waals surface area (Å²) in [5.74, 6) is -2.46. The molecule has 3 aliphatic rings. The molecule has 3 heterocycles. The first-order valence-corrected chi connectivity index (χ1v) is 11.2. The molecular formula is C26H28O9. The minimum Gasteiger partial charge on any atom is -0.508 e. The lowest BCUT2D eigenvalue weighted by molar-refractivity contribution is -0.125. The second-order valence-corrected chi connectivity index (χ2v) is 10.0. The van der Waals surface area contributed by atoms with Crippen LogP contribution >= 0.6 is 0 Å². The van der Waals surface area contributed by atoms with Gasteiger partial charge in [-0.2, -0.15) is 0 Å². The van der Waals surface area contributed by atoms with Gasteiger partial charge in [-0.25, -0.2) is 0 Å². The Labute approximate surface area is 202 Å². The van der Waals surface area contributed by atoms with Crippen LogP contribution in [-0.2, 0) is 15.3 Å². The highest BCUT2D eigenvalue weighted by atomic mass is 16.7. The van der Waals surface area contributed by atoms with Gasteiger partial charge >= 0.3 is 5.79 Å². The van der Waals surface area contributed by atoms with Crippen LogP contribution in [0.2, 0.25) is 0 Å². The van der Waals surface area contributed by atoms with Crippen molar-refractivity contribution in [3.05, 3.63) is 46.5 Å². The van der Waals surface area contributed by atoms with Crippen LogP contribution in [0.5, 0.6) is 28.7 Å². The van der Waals surface area contributed by atoms with Gasteiger partial charge in [-0.15, -0.1) is 0 Å². The van der Waals surface area contributed by atoms with Crippen molar-refractivity contribution in [1.29, 1.82) is 0 Å². The fraction of sp³-hybridized carbons (Fsp3) is 0.423. The number of hydrogen-bond acceptors (Lipinski definition) is 9. The van der Waals surface area contributed by atoms with Gasteiger partial charge in [0.15, 0.2) is 6.10 Å². The monoisotopic (exact) mass is 484 g/mol. The van der Waals surface area contributed by atoms with Gasteiger partial charge in [0.05, 0.1) is 22.3 Å². The molecule has 3 aliphatic heterocycles. The third-order valence-corrected chi connectivity index (χ3v) is 6.60. The number of carbonyl (C=O) groups excluding carboxylic acids is 1. The van der Waals surface area contributed by atoms with Crippen LogP contribution in [0.15, 0.2) is 24.3 Å². The van der Waals surface area contributed by atoms with E-state index < -0.39 is 35.0 Å². The fourth-order valence-corrected chi connectivity index (χ4v) is 4.93. The molecule has 2 aromatic rings. The van der Waals surface area contributed by atoms with E-state index in [1.165, 1.54) is 26.4 Å². The van der Waals surface area contributed by atoms with E-state index in [2.05, 4.69) is 0 Å². The van der Waals surface area contributed by atoms with E-state index in [9.17, 15) is 20.1 Å². The third kappa shape index (κ3) is 3.22. The van der Waals surface area contributed by atoms with Gasteiger partial charge in [0.25, 0.3) is 0 Å². The molecule has 3 atom stereocenters. The summed E-state index contributed by atoms with van der Waals surface area (Å²) in [4.78, 5) is 14.0. The molecule has 0 aliphatic carbocycles. The van der Waals surface area contributed by atoms with Crippen LogP contribution in [0.25, 0.3) is 6.08 Å². The second kappa shape index (κ2) is 7.36. The minimum atomic E-state index is -2.04. The maximum absolute atomic E-state index is 14.0. The third-order valence-electron chi connectivity index (χ3n) is 6.60. The van der Waals surface area contributed by atoms with E-state index >= 15 is 0 Å². The van der Waals surface area contributed by atoms with E-state index in [0.717, 1.165) is 6.07 Å². The molecule has 0 radical (unpaired) electrons. The normalized spacial score (nSPS) is 25.9. The molecule has 0 aromatic heterocycles. The SMILES string of the molecule is CO[C@@H]1c2c3c(c4c(c2O[C@@H]1C(C)(C)O)C(=O)[C@@](OC)(c1ccc(O)cc1O)O4)C=CC(C)(C)O3. The van der Waals surface area contributed by atoms with Crippen molar-refractivity contribution in [1.82, 2.24) is 0 Å². The van der Waals surface area contributed by atoms with E-state index in [1.54, 1.807) is 19.9 Å². The lowest BCUT2D eigenvalue weighted by Crippen LogP contribution is -2.42. The zero-order valence-electron chi connectivity index (χ0n) is 20.3. The summed E-state index contributed by atoms with van der Waals surface area (Å²) in [6.07, 6.45) is 2.06. The predicted molar refractivity (Wildman–Crippen MR) is 124 cm³/mol. The van der Waals surface area contributed by atoms with E-state index in [4.69, 9.17) is 23.7 Å². The average molecular weight is 485 g/mol. The summed E-state index contributed by atoms with van der Waals surface area (Å²) in [5, 5.41) is 31.2. The number of ketones is 1. The number of ether oxygens (including phenoxy) is 5. The zero-order valence-corrected chi connectivity index (χ0v) is 20.3. The van der Waals surface area contributed by atoms with Crippen LogP contribution in [-0.4, -0.2) is 52.6 Å². The number of phenolic OH excluding ortho intramolecular Hbond substituents is 2. The van der Waals surface area contributed by atoms with Crippen molar-refractivity contribution in [3.8, 4) is 28.7 Å². The van der Waals surface area contributed by atoms with Crippen molar-refractivity contribution >= 4 is 11.9 Å². The Bertz CT molecular complexity index is 1270. The highest BCUT2D eigenvalue weighted by Crippen LogP contribution is 2.60. The molecule has 0 fully saturated rings. The number of rotatable bonds is 4.